The molecule has 0 aliphatic carbocycles. The molecule has 1 saturated heterocycles. The molecule has 0 aromatic heterocycles. The van der Waals surface area contributed by atoms with Crippen molar-refractivity contribution in [2.24, 2.45) is 5.16 Å². The molecule has 0 saturated carbocycles. The molecule has 0 spiro atoms. The topological polar surface area (TPSA) is 45.1 Å². The van der Waals surface area contributed by atoms with Crippen molar-refractivity contribution in [2.75, 3.05) is 26.2 Å². The molecule has 1 aliphatic rings. The lowest BCUT2D eigenvalue weighted by molar-refractivity contribution is 0.238. The summed E-state index contributed by atoms with van der Waals surface area (Å²) in [5.74, 6) is 0.860. The Morgan fingerprint density at radius 1 is 1.22 bits per heavy atom. The van der Waals surface area contributed by atoms with Gasteiger partial charge in [-0.1, -0.05) is 5.16 Å². The molecular weight excluding hydrogens is 252 g/mol. The Balaban J connectivity index is 0.00000162. The number of benzene rings is 1. The normalized spacial score (nSPS) is 15.8. The maximum absolute atomic E-state index is 8.38. The summed E-state index contributed by atoms with van der Waals surface area (Å²) < 4.78 is 5.65. The minimum Gasteiger partial charge on any atom is -0.492 e. The van der Waals surface area contributed by atoms with Gasteiger partial charge >= 0.3 is 0 Å². The zero-order valence-electron chi connectivity index (χ0n) is 10.3. The van der Waals surface area contributed by atoms with Crippen molar-refractivity contribution in [3.8, 4) is 5.75 Å². The van der Waals surface area contributed by atoms with Crippen LogP contribution < -0.4 is 4.74 Å². The first-order valence-corrected chi connectivity index (χ1v) is 6.01. The van der Waals surface area contributed by atoms with E-state index < -0.39 is 0 Å². The number of likely N-dealkylation sites (tertiary alicyclic amines) is 1. The van der Waals surface area contributed by atoms with Gasteiger partial charge in [0.2, 0.25) is 0 Å². The molecule has 1 aliphatic heterocycles. The van der Waals surface area contributed by atoms with Crippen LogP contribution in [0.15, 0.2) is 29.4 Å². The Bertz CT molecular complexity index is 362. The van der Waals surface area contributed by atoms with Gasteiger partial charge in [0.25, 0.3) is 0 Å². The van der Waals surface area contributed by atoms with E-state index in [1.165, 1.54) is 32.1 Å². The zero-order chi connectivity index (χ0) is 11.9. The maximum Gasteiger partial charge on any atom is 0.119 e. The van der Waals surface area contributed by atoms with E-state index in [0.717, 1.165) is 24.5 Å². The fourth-order valence-corrected chi connectivity index (χ4v) is 2.02. The SMILES string of the molecule is Cl.O/N=C\c1ccc(OCCN2CCCC2)cc1. The molecule has 4 nitrogen and oxygen atoms in total. The summed E-state index contributed by atoms with van der Waals surface area (Å²) in [6.45, 7) is 4.14. The van der Waals surface area contributed by atoms with E-state index in [4.69, 9.17) is 9.94 Å². The van der Waals surface area contributed by atoms with Crippen LogP contribution in [0.4, 0.5) is 0 Å². The first-order valence-electron chi connectivity index (χ1n) is 6.01. The predicted octanol–water partition coefficient (Wildman–Crippen LogP) is 2.39. The zero-order valence-corrected chi connectivity index (χ0v) is 11.1. The van der Waals surface area contributed by atoms with Gasteiger partial charge in [-0.05, 0) is 55.8 Å². The summed E-state index contributed by atoms with van der Waals surface area (Å²) in [5.41, 5.74) is 0.861. The molecule has 1 heterocycles. The molecule has 0 bridgehead atoms. The molecule has 2 rings (SSSR count). The summed E-state index contributed by atoms with van der Waals surface area (Å²) in [7, 11) is 0. The second kappa shape index (κ2) is 7.95. The molecule has 1 aromatic rings. The number of nitrogens with zero attached hydrogens (tertiary/aromatic N) is 2. The molecule has 1 aromatic carbocycles. The number of oxime groups is 1. The van der Waals surface area contributed by atoms with Crippen molar-refractivity contribution >= 4 is 18.6 Å². The minimum atomic E-state index is 0. The van der Waals surface area contributed by atoms with Gasteiger partial charge in [-0.25, -0.2) is 0 Å². The van der Waals surface area contributed by atoms with Crippen LogP contribution in [0.2, 0.25) is 0 Å². The Hall–Kier alpha value is -1.26. The molecule has 18 heavy (non-hydrogen) atoms. The summed E-state index contributed by atoms with van der Waals surface area (Å²) in [6, 6.07) is 7.51. The third-order valence-electron chi connectivity index (χ3n) is 2.96. The van der Waals surface area contributed by atoms with E-state index in [9.17, 15) is 0 Å². The van der Waals surface area contributed by atoms with E-state index in [1.807, 2.05) is 24.3 Å². The van der Waals surface area contributed by atoms with Crippen molar-refractivity contribution < 1.29 is 9.94 Å². The van der Waals surface area contributed by atoms with E-state index in [-0.39, 0.29) is 12.4 Å². The lowest BCUT2D eigenvalue weighted by atomic mass is 10.2. The van der Waals surface area contributed by atoms with Crippen LogP contribution in [-0.4, -0.2) is 42.6 Å². The van der Waals surface area contributed by atoms with Gasteiger partial charge in [0, 0.05) is 6.54 Å². The first kappa shape index (κ1) is 14.8. The lowest BCUT2D eigenvalue weighted by Gasteiger charge is -2.14. The van der Waals surface area contributed by atoms with E-state index in [0.29, 0.717) is 0 Å². The number of hydrogen-bond acceptors (Lipinski definition) is 4. The second-order valence-corrected chi connectivity index (χ2v) is 4.21. The standard InChI is InChI=1S/C13H18N2O2.ClH/c16-14-11-12-3-5-13(6-4-12)17-10-9-15-7-1-2-8-15;/h3-6,11,16H,1-2,7-10H2;1H/b14-11-;. The maximum atomic E-state index is 8.38. The lowest BCUT2D eigenvalue weighted by Crippen LogP contribution is -2.25. The molecule has 0 amide bonds. The number of halogens is 1. The fourth-order valence-electron chi connectivity index (χ4n) is 2.02. The Morgan fingerprint density at radius 3 is 2.50 bits per heavy atom. The van der Waals surface area contributed by atoms with Crippen LogP contribution >= 0.6 is 12.4 Å². The van der Waals surface area contributed by atoms with Gasteiger partial charge < -0.3 is 9.94 Å². The van der Waals surface area contributed by atoms with Gasteiger partial charge in [-0.2, -0.15) is 0 Å². The van der Waals surface area contributed by atoms with Gasteiger partial charge in [-0.3, -0.25) is 4.90 Å². The van der Waals surface area contributed by atoms with Gasteiger partial charge in [-0.15, -0.1) is 12.4 Å². The minimum absolute atomic E-state index is 0. The monoisotopic (exact) mass is 270 g/mol. The average Bonchev–Trinajstić information content (AvgIpc) is 2.85. The highest BCUT2D eigenvalue weighted by atomic mass is 35.5. The van der Waals surface area contributed by atoms with Crippen LogP contribution in [0.25, 0.3) is 0 Å². The molecule has 0 atom stereocenters. The molecule has 1 N–H and O–H groups in total. The quantitative estimate of drug-likeness (QED) is 0.508. The van der Waals surface area contributed by atoms with Crippen LogP contribution in [0, 0.1) is 0 Å². The Labute approximate surface area is 114 Å². The van der Waals surface area contributed by atoms with Crippen LogP contribution in [0.3, 0.4) is 0 Å². The van der Waals surface area contributed by atoms with Crippen molar-refractivity contribution in [3.05, 3.63) is 29.8 Å². The average molecular weight is 271 g/mol. The molecule has 5 heteroatoms. The summed E-state index contributed by atoms with van der Waals surface area (Å²) in [4.78, 5) is 2.42. The van der Waals surface area contributed by atoms with Crippen LogP contribution in [0.5, 0.6) is 5.75 Å². The highest BCUT2D eigenvalue weighted by Gasteiger charge is 2.10. The van der Waals surface area contributed by atoms with Crippen LogP contribution in [0.1, 0.15) is 18.4 Å². The largest absolute Gasteiger partial charge is 0.492 e. The van der Waals surface area contributed by atoms with Crippen molar-refractivity contribution in [2.45, 2.75) is 12.8 Å². The van der Waals surface area contributed by atoms with Crippen molar-refractivity contribution in [3.63, 3.8) is 0 Å². The van der Waals surface area contributed by atoms with E-state index >= 15 is 0 Å². The molecule has 0 radical (unpaired) electrons. The summed E-state index contributed by atoms with van der Waals surface area (Å²) >= 11 is 0. The molecular formula is C13H19ClN2O2. The number of hydrogen-bond donors (Lipinski definition) is 1. The Morgan fingerprint density at radius 2 is 1.89 bits per heavy atom. The van der Waals surface area contributed by atoms with Crippen molar-refractivity contribution in [1.82, 2.24) is 4.90 Å². The number of ether oxygens (including phenoxy) is 1. The Kier molecular flexibility index (Phi) is 6.54. The smallest absolute Gasteiger partial charge is 0.119 e. The van der Waals surface area contributed by atoms with Gasteiger partial charge in [0.1, 0.15) is 12.4 Å². The van der Waals surface area contributed by atoms with Gasteiger partial charge in [0.05, 0.1) is 6.21 Å². The third-order valence-corrected chi connectivity index (χ3v) is 2.96. The highest BCUT2D eigenvalue weighted by molar-refractivity contribution is 5.85. The molecule has 1 fully saturated rings. The van der Waals surface area contributed by atoms with E-state index in [2.05, 4.69) is 10.1 Å². The highest BCUT2D eigenvalue weighted by Crippen LogP contribution is 2.12. The second-order valence-electron chi connectivity index (χ2n) is 4.21. The van der Waals surface area contributed by atoms with Crippen molar-refractivity contribution in [1.29, 1.82) is 0 Å². The predicted molar refractivity (Wildman–Crippen MR) is 74.2 cm³/mol. The van der Waals surface area contributed by atoms with E-state index in [1.54, 1.807) is 0 Å². The summed E-state index contributed by atoms with van der Waals surface area (Å²) in [5, 5.41) is 11.4. The van der Waals surface area contributed by atoms with Gasteiger partial charge in [0.15, 0.2) is 0 Å². The first-order chi connectivity index (χ1) is 8.38. The molecule has 0 unspecified atom stereocenters. The number of rotatable bonds is 5. The molecule has 100 valence electrons. The fraction of sp³-hybridized carbons (Fsp3) is 0.462. The third kappa shape index (κ3) is 4.55. The van der Waals surface area contributed by atoms with Crippen LogP contribution in [-0.2, 0) is 0 Å². The summed E-state index contributed by atoms with van der Waals surface area (Å²) in [6.07, 6.45) is 4.03.